The topological polar surface area (TPSA) is 71.4 Å². The smallest absolute Gasteiger partial charge is 0.338 e. The first-order chi connectivity index (χ1) is 15.7. The first kappa shape index (κ1) is 19.2. The van der Waals surface area contributed by atoms with Gasteiger partial charge < -0.3 is 24.3 Å². The zero-order valence-corrected chi connectivity index (χ0v) is 18.1. The second kappa shape index (κ2) is 7.28. The van der Waals surface area contributed by atoms with Crippen molar-refractivity contribution in [3.63, 3.8) is 0 Å². The number of carbonyl (C=O) groups is 1. The van der Waals surface area contributed by atoms with E-state index < -0.39 is 0 Å². The van der Waals surface area contributed by atoms with E-state index in [9.17, 15) is 4.79 Å². The van der Waals surface area contributed by atoms with Gasteiger partial charge in [-0.15, -0.1) is 0 Å². The summed E-state index contributed by atoms with van der Waals surface area (Å²) in [4.78, 5) is 13.0. The third-order valence-electron chi connectivity index (χ3n) is 6.60. The molecule has 0 saturated carbocycles. The lowest BCUT2D eigenvalue weighted by atomic mass is 9.97. The van der Waals surface area contributed by atoms with Gasteiger partial charge in [0.15, 0.2) is 0 Å². The van der Waals surface area contributed by atoms with E-state index in [0.717, 1.165) is 53.9 Å². The van der Waals surface area contributed by atoms with E-state index in [1.165, 1.54) is 22.5 Å². The van der Waals surface area contributed by atoms with Crippen LogP contribution < -0.4 is 10.5 Å². The fraction of sp³-hybridized carbons (Fsp3) is 0.269. The Bertz CT molecular complexity index is 1380. The summed E-state index contributed by atoms with van der Waals surface area (Å²) in [5.41, 5.74) is 14.5. The minimum atomic E-state index is -0.295. The van der Waals surface area contributed by atoms with Gasteiger partial charge in [-0.05, 0) is 66.1 Å². The molecule has 0 unspecified atom stereocenters. The van der Waals surface area contributed by atoms with E-state index >= 15 is 0 Å². The van der Waals surface area contributed by atoms with Crippen molar-refractivity contribution >= 4 is 16.9 Å². The number of aromatic nitrogens is 2. The number of nitrogens with two attached hydrogens (primary N) is 1. The second-order valence-corrected chi connectivity index (χ2v) is 8.42. The van der Waals surface area contributed by atoms with Crippen LogP contribution in [0.2, 0.25) is 0 Å². The molecule has 0 radical (unpaired) electrons. The van der Waals surface area contributed by atoms with Gasteiger partial charge in [-0.25, -0.2) is 4.79 Å². The maximum absolute atomic E-state index is 13.0. The summed E-state index contributed by atoms with van der Waals surface area (Å²) in [6.07, 6.45) is 3.80. The van der Waals surface area contributed by atoms with Crippen LogP contribution in [0.4, 0.5) is 0 Å². The maximum Gasteiger partial charge on any atom is 0.338 e. The van der Waals surface area contributed by atoms with Gasteiger partial charge in [0.05, 0.1) is 30.8 Å². The minimum Gasteiger partial charge on any atom is -0.493 e. The van der Waals surface area contributed by atoms with Crippen LogP contribution in [0.15, 0.2) is 48.7 Å². The fourth-order valence-corrected chi connectivity index (χ4v) is 5.16. The molecule has 0 saturated heterocycles. The summed E-state index contributed by atoms with van der Waals surface area (Å²) in [6, 6.07) is 14.6. The molecular weight excluding hydrogens is 402 g/mol. The van der Waals surface area contributed by atoms with E-state index in [0.29, 0.717) is 18.7 Å². The highest BCUT2D eigenvalue weighted by molar-refractivity contribution is 6.07. The first-order valence-electron chi connectivity index (χ1n) is 11.1. The Morgan fingerprint density at radius 3 is 2.97 bits per heavy atom. The number of ether oxygens (including phenoxy) is 2. The van der Waals surface area contributed by atoms with Crippen molar-refractivity contribution in [2.45, 2.75) is 32.9 Å². The van der Waals surface area contributed by atoms with Gasteiger partial charge in [0, 0.05) is 48.0 Å². The molecule has 6 rings (SSSR count). The van der Waals surface area contributed by atoms with Crippen molar-refractivity contribution in [3.05, 3.63) is 82.3 Å². The number of hydrogen-bond acceptors (Lipinski definition) is 4. The Balaban J connectivity index is 1.67. The van der Waals surface area contributed by atoms with Crippen molar-refractivity contribution in [3.8, 4) is 11.4 Å². The van der Waals surface area contributed by atoms with E-state index in [2.05, 4.69) is 51.7 Å². The van der Waals surface area contributed by atoms with Crippen LogP contribution in [0.1, 0.15) is 45.4 Å². The molecule has 0 atom stereocenters. The Hall–Kier alpha value is -3.51. The average Bonchev–Trinajstić information content (AvgIpc) is 3.53. The summed E-state index contributed by atoms with van der Waals surface area (Å²) in [6.45, 7) is 4.00. The summed E-state index contributed by atoms with van der Waals surface area (Å²) in [7, 11) is 0. The first-order valence-corrected chi connectivity index (χ1v) is 11.1. The molecule has 32 heavy (non-hydrogen) atoms. The van der Waals surface area contributed by atoms with Gasteiger partial charge >= 0.3 is 5.97 Å². The molecule has 4 aromatic rings. The van der Waals surface area contributed by atoms with Gasteiger partial charge in [-0.3, -0.25) is 0 Å². The SMILES string of the molecule is CCOC(=O)c1cc(CN)cc2c1c1c(n2-c2ccc3c(c2)CCO3)Cn2cccc2C1. The van der Waals surface area contributed by atoms with Crippen molar-refractivity contribution in [1.29, 1.82) is 0 Å². The highest BCUT2D eigenvalue weighted by atomic mass is 16.5. The number of esters is 1. The van der Waals surface area contributed by atoms with Crippen LogP contribution in [-0.2, 0) is 30.7 Å². The van der Waals surface area contributed by atoms with E-state index in [1.807, 2.05) is 13.0 Å². The largest absolute Gasteiger partial charge is 0.493 e. The molecule has 6 nitrogen and oxygen atoms in total. The number of nitrogens with zero attached hydrogens (tertiary/aromatic N) is 2. The second-order valence-electron chi connectivity index (χ2n) is 8.42. The quantitative estimate of drug-likeness (QED) is 0.441. The Morgan fingerprint density at radius 1 is 1.22 bits per heavy atom. The number of hydrogen-bond donors (Lipinski definition) is 1. The summed E-state index contributed by atoms with van der Waals surface area (Å²) >= 11 is 0. The molecular formula is C26H25N3O3. The fourth-order valence-electron chi connectivity index (χ4n) is 5.16. The number of benzene rings is 2. The predicted octanol–water partition coefficient (Wildman–Crippen LogP) is 3.95. The zero-order chi connectivity index (χ0) is 21.8. The standard InChI is InChI=1S/C26H25N3O3/c1-2-31-26(30)21-10-16(14-27)11-22-25(21)20-13-18-4-3-8-28(18)15-23(20)29(22)19-5-6-24-17(12-19)7-9-32-24/h3-6,8,10-12H,2,7,9,13-15,27H2,1H3. The van der Waals surface area contributed by atoms with Crippen LogP contribution >= 0.6 is 0 Å². The monoisotopic (exact) mass is 427 g/mol. The molecule has 2 aromatic carbocycles. The van der Waals surface area contributed by atoms with E-state index in [4.69, 9.17) is 15.2 Å². The summed E-state index contributed by atoms with van der Waals surface area (Å²) in [5.74, 6) is 0.665. The lowest BCUT2D eigenvalue weighted by molar-refractivity contribution is 0.0528. The molecule has 0 fully saturated rings. The Kier molecular flexibility index (Phi) is 4.36. The molecule has 2 aliphatic heterocycles. The third kappa shape index (κ3) is 2.79. The highest BCUT2D eigenvalue weighted by Gasteiger charge is 2.28. The maximum atomic E-state index is 13.0. The summed E-state index contributed by atoms with van der Waals surface area (Å²) < 4.78 is 15.8. The Morgan fingerprint density at radius 2 is 2.12 bits per heavy atom. The number of fused-ring (bicyclic) bond motifs is 5. The van der Waals surface area contributed by atoms with Gasteiger partial charge in [-0.2, -0.15) is 0 Å². The molecule has 6 heteroatoms. The molecule has 2 aliphatic rings. The zero-order valence-electron chi connectivity index (χ0n) is 18.1. The number of carbonyl (C=O) groups excluding carboxylic acids is 1. The van der Waals surface area contributed by atoms with Crippen molar-refractivity contribution in [1.82, 2.24) is 9.13 Å². The minimum absolute atomic E-state index is 0.295. The third-order valence-corrected chi connectivity index (χ3v) is 6.60. The van der Waals surface area contributed by atoms with E-state index in [1.54, 1.807) is 0 Å². The Labute approximate surface area is 186 Å². The van der Waals surface area contributed by atoms with Crippen LogP contribution in [-0.4, -0.2) is 28.3 Å². The lowest BCUT2D eigenvalue weighted by Crippen LogP contribution is -2.15. The molecule has 4 heterocycles. The molecule has 0 amide bonds. The van der Waals surface area contributed by atoms with Crippen LogP contribution in [0, 0.1) is 0 Å². The molecule has 162 valence electrons. The van der Waals surface area contributed by atoms with Gasteiger partial charge in [0.2, 0.25) is 0 Å². The normalized spacial score (nSPS) is 14.1. The van der Waals surface area contributed by atoms with Gasteiger partial charge in [-0.1, -0.05) is 0 Å². The van der Waals surface area contributed by atoms with Crippen molar-refractivity contribution in [2.75, 3.05) is 13.2 Å². The molecule has 0 bridgehead atoms. The molecule has 0 aliphatic carbocycles. The van der Waals surface area contributed by atoms with Crippen molar-refractivity contribution < 1.29 is 14.3 Å². The van der Waals surface area contributed by atoms with Crippen LogP contribution in [0.3, 0.4) is 0 Å². The van der Waals surface area contributed by atoms with Crippen molar-refractivity contribution in [2.24, 2.45) is 5.73 Å². The molecule has 2 N–H and O–H groups in total. The summed E-state index contributed by atoms with van der Waals surface area (Å²) in [5, 5.41) is 0.972. The number of rotatable bonds is 4. The van der Waals surface area contributed by atoms with Gasteiger partial charge in [0.1, 0.15) is 5.75 Å². The van der Waals surface area contributed by atoms with Crippen LogP contribution in [0.5, 0.6) is 5.75 Å². The van der Waals surface area contributed by atoms with Crippen LogP contribution in [0.25, 0.3) is 16.6 Å². The highest BCUT2D eigenvalue weighted by Crippen LogP contribution is 2.39. The average molecular weight is 428 g/mol. The predicted molar refractivity (Wildman–Crippen MR) is 123 cm³/mol. The van der Waals surface area contributed by atoms with Gasteiger partial charge in [0.25, 0.3) is 0 Å². The van der Waals surface area contributed by atoms with E-state index in [-0.39, 0.29) is 5.97 Å². The lowest BCUT2D eigenvalue weighted by Gasteiger charge is -2.20. The molecule has 2 aromatic heterocycles. The molecule has 0 spiro atoms.